The van der Waals surface area contributed by atoms with E-state index in [0.717, 1.165) is 18.8 Å². The lowest BCUT2D eigenvalue weighted by Gasteiger charge is -2.13. The third-order valence-corrected chi connectivity index (χ3v) is 3.22. The highest BCUT2D eigenvalue weighted by molar-refractivity contribution is 5.11. The molecule has 1 saturated heterocycles. The number of nitrogens with zero attached hydrogens (tertiary/aromatic N) is 3. The molecule has 1 aliphatic rings. The number of aromatic nitrogens is 3. The Hall–Kier alpha value is -1.68. The summed E-state index contributed by atoms with van der Waals surface area (Å²) in [6.45, 7) is 1.91. The zero-order valence-electron chi connectivity index (χ0n) is 9.71. The van der Waals surface area contributed by atoms with E-state index in [0.29, 0.717) is 6.04 Å². The first kappa shape index (κ1) is 10.5. The molecule has 0 aromatic carbocycles. The van der Waals surface area contributed by atoms with Crippen LogP contribution in [-0.4, -0.2) is 21.1 Å². The van der Waals surface area contributed by atoms with Crippen molar-refractivity contribution in [2.24, 2.45) is 0 Å². The molecule has 1 fully saturated rings. The summed E-state index contributed by atoms with van der Waals surface area (Å²) in [7, 11) is 0. The second-order valence-corrected chi connectivity index (χ2v) is 4.42. The van der Waals surface area contributed by atoms with E-state index in [1.807, 2.05) is 36.9 Å². The fourth-order valence-electron chi connectivity index (χ4n) is 2.36. The minimum absolute atomic E-state index is 0.459. The van der Waals surface area contributed by atoms with Crippen LogP contribution >= 0.6 is 0 Å². The van der Waals surface area contributed by atoms with Gasteiger partial charge < -0.3 is 9.88 Å². The molecule has 4 nitrogen and oxygen atoms in total. The fraction of sp³-hybridized carbons (Fsp3) is 0.385. The minimum atomic E-state index is 0.459. The van der Waals surface area contributed by atoms with Crippen molar-refractivity contribution in [2.45, 2.75) is 25.4 Å². The van der Waals surface area contributed by atoms with E-state index in [1.165, 1.54) is 18.5 Å². The second-order valence-electron chi connectivity index (χ2n) is 4.42. The van der Waals surface area contributed by atoms with Crippen LogP contribution in [0.15, 0.2) is 36.9 Å². The molecule has 0 aliphatic carbocycles. The van der Waals surface area contributed by atoms with Gasteiger partial charge in [0.05, 0.1) is 24.3 Å². The Balaban J connectivity index is 1.81. The van der Waals surface area contributed by atoms with Crippen LogP contribution in [0.3, 0.4) is 0 Å². The molecule has 17 heavy (non-hydrogen) atoms. The Labute approximate surface area is 101 Å². The van der Waals surface area contributed by atoms with Gasteiger partial charge in [0.25, 0.3) is 0 Å². The van der Waals surface area contributed by atoms with Crippen LogP contribution in [0, 0.1) is 0 Å². The van der Waals surface area contributed by atoms with Crippen molar-refractivity contribution >= 4 is 0 Å². The van der Waals surface area contributed by atoms with Gasteiger partial charge in [0.1, 0.15) is 0 Å². The minimum Gasteiger partial charge on any atom is -0.327 e. The molecule has 0 bridgehead atoms. The highest BCUT2D eigenvalue weighted by Crippen LogP contribution is 2.22. The summed E-state index contributed by atoms with van der Waals surface area (Å²) in [6.07, 6.45) is 8.14. The molecule has 0 spiro atoms. The normalized spacial score (nSPS) is 19.6. The number of hydrogen-bond acceptors (Lipinski definition) is 3. The summed E-state index contributed by atoms with van der Waals surface area (Å²) in [5.74, 6) is 0. The summed E-state index contributed by atoms with van der Waals surface area (Å²) in [6, 6.07) is 6.47. The van der Waals surface area contributed by atoms with Gasteiger partial charge in [-0.25, -0.2) is 4.98 Å². The quantitative estimate of drug-likeness (QED) is 0.870. The molecule has 1 N–H and O–H groups in total. The molecule has 3 heterocycles. The fourth-order valence-corrected chi connectivity index (χ4v) is 2.36. The lowest BCUT2D eigenvalue weighted by Crippen LogP contribution is -2.17. The van der Waals surface area contributed by atoms with E-state index < -0.39 is 0 Å². The average molecular weight is 228 g/mol. The SMILES string of the molecule is c1ccc(Cn2cncc2[C@@H]2CCCN2)nc1. The number of pyridine rings is 1. The van der Waals surface area contributed by atoms with Gasteiger partial charge >= 0.3 is 0 Å². The topological polar surface area (TPSA) is 42.7 Å². The summed E-state index contributed by atoms with van der Waals surface area (Å²) in [5, 5.41) is 3.50. The summed E-state index contributed by atoms with van der Waals surface area (Å²) in [4.78, 5) is 8.61. The molecule has 0 saturated carbocycles. The molecule has 1 aliphatic heterocycles. The highest BCUT2D eigenvalue weighted by atomic mass is 15.1. The molecule has 88 valence electrons. The Bertz CT molecular complexity index is 471. The maximum Gasteiger partial charge on any atom is 0.0952 e. The Morgan fingerprint density at radius 2 is 2.41 bits per heavy atom. The van der Waals surface area contributed by atoms with Crippen molar-refractivity contribution in [3.63, 3.8) is 0 Å². The van der Waals surface area contributed by atoms with Gasteiger partial charge in [-0.2, -0.15) is 0 Å². The van der Waals surface area contributed by atoms with Crippen molar-refractivity contribution in [3.05, 3.63) is 48.3 Å². The van der Waals surface area contributed by atoms with Gasteiger partial charge in [0.2, 0.25) is 0 Å². The van der Waals surface area contributed by atoms with E-state index in [-0.39, 0.29) is 0 Å². The van der Waals surface area contributed by atoms with E-state index in [9.17, 15) is 0 Å². The first-order valence-corrected chi connectivity index (χ1v) is 6.07. The van der Waals surface area contributed by atoms with Crippen molar-refractivity contribution < 1.29 is 0 Å². The number of rotatable bonds is 3. The molecular weight excluding hydrogens is 212 g/mol. The highest BCUT2D eigenvalue weighted by Gasteiger charge is 2.19. The van der Waals surface area contributed by atoms with Gasteiger partial charge in [-0.15, -0.1) is 0 Å². The zero-order chi connectivity index (χ0) is 11.5. The molecule has 2 aromatic rings. The molecule has 0 radical (unpaired) electrons. The summed E-state index contributed by atoms with van der Waals surface area (Å²) in [5.41, 5.74) is 2.35. The van der Waals surface area contributed by atoms with Crippen LogP contribution < -0.4 is 5.32 Å². The van der Waals surface area contributed by atoms with Crippen LogP contribution in [-0.2, 0) is 6.54 Å². The van der Waals surface area contributed by atoms with Crippen molar-refractivity contribution in [1.82, 2.24) is 19.9 Å². The standard InChI is InChI=1S/C13H16N4/c1-2-6-15-11(4-1)9-17-10-14-8-13(17)12-5-3-7-16-12/h1-2,4,6,8,10,12,16H,3,5,7,9H2/t12-/m0/s1. The van der Waals surface area contributed by atoms with Gasteiger partial charge in [0.15, 0.2) is 0 Å². The molecule has 0 unspecified atom stereocenters. The maximum atomic E-state index is 4.35. The lowest BCUT2D eigenvalue weighted by molar-refractivity contribution is 0.581. The van der Waals surface area contributed by atoms with Crippen LogP contribution in [0.2, 0.25) is 0 Å². The van der Waals surface area contributed by atoms with Crippen LogP contribution in [0.4, 0.5) is 0 Å². The van der Waals surface area contributed by atoms with Gasteiger partial charge in [-0.05, 0) is 31.5 Å². The lowest BCUT2D eigenvalue weighted by atomic mass is 10.2. The summed E-state index contributed by atoms with van der Waals surface area (Å²) >= 11 is 0. The van der Waals surface area contributed by atoms with Crippen LogP contribution in [0.5, 0.6) is 0 Å². The van der Waals surface area contributed by atoms with E-state index in [4.69, 9.17) is 0 Å². The van der Waals surface area contributed by atoms with Crippen molar-refractivity contribution in [3.8, 4) is 0 Å². The molecular formula is C13H16N4. The third kappa shape index (κ3) is 2.22. The third-order valence-electron chi connectivity index (χ3n) is 3.22. The van der Waals surface area contributed by atoms with Crippen LogP contribution in [0.1, 0.15) is 30.3 Å². The Kier molecular flexibility index (Phi) is 2.88. The van der Waals surface area contributed by atoms with Gasteiger partial charge in [-0.3, -0.25) is 4.98 Å². The Morgan fingerprint density at radius 3 is 3.18 bits per heavy atom. The number of imidazole rings is 1. The van der Waals surface area contributed by atoms with Gasteiger partial charge in [0, 0.05) is 18.4 Å². The van der Waals surface area contributed by atoms with Crippen LogP contribution in [0.25, 0.3) is 0 Å². The monoisotopic (exact) mass is 228 g/mol. The predicted molar refractivity (Wildman–Crippen MR) is 65.5 cm³/mol. The smallest absolute Gasteiger partial charge is 0.0952 e. The zero-order valence-corrected chi connectivity index (χ0v) is 9.71. The average Bonchev–Trinajstić information content (AvgIpc) is 3.00. The van der Waals surface area contributed by atoms with Crippen molar-refractivity contribution in [1.29, 1.82) is 0 Å². The first-order chi connectivity index (χ1) is 8.43. The van der Waals surface area contributed by atoms with E-state index >= 15 is 0 Å². The van der Waals surface area contributed by atoms with E-state index in [1.54, 1.807) is 0 Å². The molecule has 4 heteroatoms. The van der Waals surface area contributed by atoms with E-state index in [2.05, 4.69) is 19.9 Å². The maximum absolute atomic E-state index is 4.35. The summed E-state index contributed by atoms with van der Waals surface area (Å²) < 4.78 is 2.19. The molecule has 3 rings (SSSR count). The molecule has 2 aromatic heterocycles. The first-order valence-electron chi connectivity index (χ1n) is 6.07. The second kappa shape index (κ2) is 4.67. The number of nitrogens with one attached hydrogen (secondary N) is 1. The predicted octanol–water partition coefficient (Wildman–Crippen LogP) is 1.75. The largest absolute Gasteiger partial charge is 0.327 e. The van der Waals surface area contributed by atoms with Crippen molar-refractivity contribution in [2.75, 3.05) is 6.54 Å². The van der Waals surface area contributed by atoms with Gasteiger partial charge in [-0.1, -0.05) is 6.07 Å². The Morgan fingerprint density at radius 1 is 1.41 bits per heavy atom. The molecule has 0 amide bonds. The molecule has 1 atom stereocenters. The number of hydrogen-bond donors (Lipinski definition) is 1.